The van der Waals surface area contributed by atoms with Crippen LogP contribution in [-0.2, 0) is 14.8 Å². The normalized spacial score (nSPS) is 17.5. The lowest BCUT2D eigenvalue weighted by Crippen LogP contribution is -2.53. The van der Waals surface area contributed by atoms with Crippen LogP contribution in [-0.4, -0.2) is 69.4 Å². The molecule has 0 atom stereocenters. The van der Waals surface area contributed by atoms with E-state index in [0.29, 0.717) is 37.0 Å². The van der Waals surface area contributed by atoms with Crippen molar-refractivity contribution in [1.29, 1.82) is 0 Å². The van der Waals surface area contributed by atoms with Crippen LogP contribution >= 0.6 is 23.2 Å². The number of hydrogen-bond donors (Lipinski definition) is 0. The molecule has 0 N–H and O–H groups in total. The molecule has 1 heterocycles. The summed E-state index contributed by atoms with van der Waals surface area (Å²) in [4.78, 5) is 17.5. The number of ether oxygens (including phenoxy) is 1. The van der Waals surface area contributed by atoms with Gasteiger partial charge in [-0.15, -0.1) is 0 Å². The Morgan fingerprint density at radius 1 is 1.03 bits per heavy atom. The SMILES string of the molecule is COc1ccc(S(=O)(=O)N(CC(=O)N2CCN(c3cc(Cl)ccc3C)CC2)C2CCCCC2)cc1Cl. The summed E-state index contributed by atoms with van der Waals surface area (Å²) in [7, 11) is -2.44. The number of aryl methyl sites for hydroxylation is 1. The maximum atomic E-state index is 13.7. The Bertz CT molecular complexity index is 1190. The third kappa shape index (κ3) is 5.93. The van der Waals surface area contributed by atoms with E-state index in [0.717, 1.165) is 43.4 Å². The number of rotatable bonds is 7. The Morgan fingerprint density at radius 3 is 2.36 bits per heavy atom. The van der Waals surface area contributed by atoms with Gasteiger partial charge in [-0.25, -0.2) is 8.42 Å². The molecule has 0 unspecified atom stereocenters. The van der Waals surface area contributed by atoms with Crippen LogP contribution in [0.15, 0.2) is 41.3 Å². The standard InChI is InChI=1S/C26H33Cl2N3O4S/c1-19-8-9-20(27)16-24(19)29-12-14-30(15-13-29)26(32)18-31(21-6-4-3-5-7-21)36(33,34)22-10-11-25(35-2)23(28)17-22/h8-11,16-17,21H,3-7,12-15,18H2,1-2H3. The third-order valence-corrected chi connectivity index (χ3v) is 9.57. The molecule has 0 aromatic heterocycles. The van der Waals surface area contributed by atoms with Crippen molar-refractivity contribution in [2.45, 2.75) is 50.0 Å². The molecular weight excluding hydrogens is 521 g/mol. The molecule has 10 heteroatoms. The predicted octanol–water partition coefficient (Wildman–Crippen LogP) is 4.98. The van der Waals surface area contributed by atoms with E-state index in [1.165, 1.54) is 23.5 Å². The highest BCUT2D eigenvalue weighted by atomic mass is 35.5. The van der Waals surface area contributed by atoms with Gasteiger partial charge >= 0.3 is 0 Å². The first-order valence-electron chi connectivity index (χ1n) is 12.3. The summed E-state index contributed by atoms with van der Waals surface area (Å²) in [5.74, 6) is 0.231. The summed E-state index contributed by atoms with van der Waals surface area (Å²) in [6.07, 6.45) is 4.48. The van der Waals surface area contributed by atoms with Crippen LogP contribution in [0.4, 0.5) is 5.69 Å². The summed E-state index contributed by atoms with van der Waals surface area (Å²) in [5, 5.41) is 0.905. The average Bonchev–Trinajstić information content (AvgIpc) is 2.89. The van der Waals surface area contributed by atoms with Crippen molar-refractivity contribution in [3.63, 3.8) is 0 Å². The van der Waals surface area contributed by atoms with Gasteiger partial charge in [-0.2, -0.15) is 4.31 Å². The van der Waals surface area contributed by atoms with Crippen LogP contribution < -0.4 is 9.64 Å². The number of carbonyl (C=O) groups is 1. The highest BCUT2D eigenvalue weighted by Crippen LogP contribution is 2.32. The monoisotopic (exact) mass is 553 g/mol. The summed E-state index contributed by atoms with van der Waals surface area (Å²) < 4.78 is 34.1. The minimum Gasteiger partial charge on any atom is -0.495 e. The maximum Gasteiger partial charge on any atom is 0.243 e. The van der Waals surface area contributed by atoms with Crippen molar-refractivity contribution in [2.24, 2.45) is 0 Å². The maximum absolute atomic E-state index is 13.7. The average molecular weight is 555 g/mol. The van der Waals surface area contributed by atoms with E-state index in [1.807, 2.05) is 25.1 Å². The van der Waals surface area contributed by atoms with Crippen LogP contribution in [0.2, 0.25) is 10.0 Å². The van der Waals surface area contributed by atoms with Gasteiger partial charge in [0.1, 0.15) is 5.75 Å². The van der Waals surface area contributed by atoms with Crippen molar-refractivity contribution in [3.8, 4) is 5.75 Å². The molecule has 1 amide bonds. The Hall–Kier alpha value is -2.00. The number of sulfonamides is 1. The molecule has 2 fully saturated rings. The Kier molecular flexibility index (Phi) is 8.71. The Balaban J connectivity index is 1.50. The van der Waals surface area contributed by atoms with Crippen LogP contribution in [0.25, 0.3) is 0 Å². The second-order valence-electron chi connectivity index (χ2n) is 9.44. The number of nitrogens with zero attached hydrogens (tertiary/aromatic N) is 3. The second-order valence-corrected chi connectivity index (χ2v) is 12.2. The molecule has 0 radical (unpaired) electrons. The zero-order valence-corrected chi connectivity index (χ0v) is 23.1. The second kappa shape index (κ2) is 11.6. The van der Waals surface area contributed by atoms with Crippen molar-refractivity contribution >= 4 is 44.8 Å². The molecule has 7 nitrogen and oxygen atoms in total. The first-order chi connectivity index (χ1) is 17.2. The highest BCUT2D eigenvalue weighted by molar-refractivity contribution is 7.89. The molecule has 36 heavy (non-hydrogen) atoms. The van der Waals surface area contributed by atoms with Gasteiger partial charge < -0.3 is 14.5 Å². The molecule has 1 saturated carbocycles. The fraction of sp³-hybridized carbons (Fsp3) is 0.500. The van der Waals surface area contributed by atoms with Gasteiger partial charge in [0.05, 0.1) is 23.6 Å². The molecule has 1 aliphatic heterocycles. The fourth-order valence-electron chi connectivity index (χ4n) is 5.08. The van der Waals surface area contributed by atoms with E-state index in [2.05, 4.69) is 4.90 Å². The lowest BCUT2D eigenvalue weighted by molar-refractivity contribution is -0.132. The lowest BCUT2D eigenvalue weighted by atomic mass is 9.95. The van der Waals surface area contributed by atoms with E-state index in [4.69, 9.17) is 27.9 Å². The predicted molar refractivity (Wildman–Crippen MR) is 144 cm³/mol. The Labute approximate surface area is 224 Å². The van der Waals surface area contributed by atoms with Crippen molar-refractivity contribution in [1.82, 2.24) is 9.21 Å². The van der Waals surface area contributed by atoms with Gasteiger partial charge in [-0.05, 0) is 55.7 Å². The minimum absolute atomic E-state index is 0.0768. The summed E-state index contributed by atoms with van der Waals surface area (Å²) in [5.41, 5.74) is 2.20. The van der Waals surface area contributed by atoms with Crippen molar-refractivity contribution in [2.75, 3.05) is 44.7 Å². The van der Waals surface area contributed by atoms with Crippen molar-refractivity contribution < 1.29 is 17.9 Å². The number of anilines is 1. The van der Waals surface area contributed by atoms with Crippen LogP contribution in [0.1, 0.15) is 37.7 Å². The fourth-order valence-corrected chi connectivity index (χ4v) is 7.23. The highest BCUT2D eigenvalue weighted by Gasteiger charge is 2.36. The number of halogens is 2. The summed E-state index contributed by atoms with van der Waals surface area (Å²) in [6.45, 7) is 4.25. The van der Waals surface area contributed by atoms with E-state index < -0.39 is 10.0 Å². The van der Waals surface area contributed by atoms with Gasteiger partial charge in [0, 0.05) is 42.9 Å². The van der Waals surface area contributed by atoms with E-state index in [9.17, 15) is 13.2 Å². The molecule has 2 aliphatic rings. The van der Waals surface area contributed by atoms with Crippen LogP contribution in [0.5, 0.6) is 5.75 Å². The first kappa shape index (κ1) is 27.0. The molecule has 2 aromatic carbocycles. The summed E-state index contributed by atoms with van der Waals surface area (Å²) >= 11 is 12.4. The molecular formula is C26H33Cl2N3O4S. The quantitative estimate of drug-likeness (QED) is 0.483. The topological polar surface area (TPSA) is 70.2 Å². The van der Waals surface area contributed by atoms with Gasteiger partial charge in [0.25, 0.3) is 0 Å². The number of carbonyl (C=O) groups excluding carboxylic acids is 1. The lowest BCUT2D eigenvalue weighted by Gasteiger charge is -2.39. The van der Waals surface area contributed by atoms with Gasteiger partial charge in [-0.1, -0.05) is 48.5 Å². The smallest absolute Gasteiger partial charge is 0.243 e. The third-order valence-electron chi connectivity index (χ3n) is 7.15. The largest absolute Gasteiger partial charge is 0.495 e. The number of amides is 1. The molecule has 1 aliphatic carbocycles. The van der Waals surface area contributed by atoms with E-state index in [-0.39, 0.29) is 28.4 Å². The molecule has 0 bridgehead atoms. The van der Waals surface area contributed by atoms with Gasteiger partial charge in [0.15, 0.2) is 0 Å². The first-order valence-corrected chi connectivity index (χ1v) is 14.5. The van der Waals surface area contributed by atoms with Gasteiger partial charge in [0.2, 0.25) is 15.9 Å². The van der Waals surface area contributed by atoms with E-state index >= 15 is 0 Å². The minimum atomic E-state index is -3.93. The zero-order chi connectivity index (χ0) is 25.9. The molecule has 4 rings (SSSR count). The van der Waals surface area contributed by atoms with Gasteiger partial charge in [-0.3, -0.25) is 4.79 Å². The zero-order valence-electron chi connectivity index (χ0n) is 20.8. The molecule has 196 valence electrons. The molecule has 1 saturated heterocycles. The molecule has 0 spiro atoms. The Morgan fingerprint density at radius 2 is 1.72 bits per heavy atom. The van der Waals surface area contributed by atoms with Crippen LogP contribution in [0, 0.1) is 6.92 Å². The number of methoxy groups -OCH3 is 1. The number of hydrogen-bond acceptors (Lipinski definition) is 5. The van der Waals surface area contributed by atoms with E-state index in [1.54, 1.807) is 11.0 Å². The number of piperazine rings is 1. The van der Waals surface area contributed by atoms with Crippen LogP contribution in [0.3, 0.4) is 0 Å². The summed E-state index contributed by atoms with van der Waals surface area (Å²) in [6, 6.07) is 10.1. The molecule has 2 aromatic rings. The van der Waals surface area contributed by atoms with Crippen molar-refractivity contribution in [3.05, 3.63) is 52.0 Å². The number of benzene rings is 2.